The molecular formula is C16H13N3NaO2. The normalized spacial score (nSPS) is 10.0. The summed E-state index contributed by atoms with van der Waals surface area (Å²) in [5, 5.41) is 18.6. The molecule has 0 atom stereocenters. The second-order valence-corrected chi connectivity index (χ2v) is 4.65. The average Bonchev–Trinajstić information content (AvgIpc) is 2.90. The second-order valence-electron chi connectivity index (χ2n) is 4.65. The number of phenols is 1. The van der Waals surface area contributed by atoms with E-state index in [2.05, 4.69) is 10.2 Å². The zero-order chi connectivity index (χ0) is 14.8. The number of benzene rings is 2. The number of aryl methyl sites for hydroxylation is 1. The monoisotopic (exact) mass is 302 g/mol. The number of carbonyl (C=O) groups excluding carboxylic acids is 1. The van der Waals surface area contributed by atoms with Crippen LogP contribution < -0.4 is 0 Å². The molecule has 0 saturated heterocycles. The van der Waals surface area contributed by atoms with Crippen LogP contribution in [0.25, 0.3) is 16.9 Å². The van der Waals surface area contributed by atoms with Gasteiger partial charge in [0.05, 0.1) is 16.9 Å². The molecule has 5 nitrogen and oxygen atoms in total. The summed E-state index contributed by atoms with van der Waals surface area (Å²) >= 11 is 0. The van der Waals surface area contributed by atoms with Crippen molar-refractivity contribution < 1.29 is 9.90 Å². The molecule has 0 aliphatic carbocycles. The van der Waals surface area contributed by atoms with Gasteiger partial charge < -0.3 is 5.11 Å². The molecule has 0 saturated carbocycles. The maximum atomic E-state index is 10.7. The molecule has 3 rings (SSSR count). The molecule has 6 heteroatoms. The van der Waals surface area contributed by atoms with E-state index in [1.807, 2.05) is 37.3 Å². The Kier molecular flexibility index (Phi) is 5.13. The van der Waals surface area contributed by atoms with E-state index in [4.69, 9.17) is 0 Å². The van der Waals surface area contributed by atoms with E-state index in [0.29, 0.717) is 12.0 Å². The van der Waals surface area contributed by atoms with Crippen molar-refractivity contribution in [2.75, 3.05) is 0 Å². The Morgan fingerprint density at radius 1 is 1.09 bits per heavy atom. The Bertz CT molecular complexity index is 800. The van der Waals surface area contributed by atoms with Crippen molar-refractivity contribution in [2.24, 2.45) is 0 Å². The van der Waals surface area contributed by atoms with Crippen LogP contribution in [0, 0.1) is 6.92 Å². The van der Waals surface area contributed by atoms with Gasteiger partial charge in [-0.2, -0.15) is 9.90 Å². The molecule has 1 radical (unpaired) electrons. The molecule has 0 aliphatic heterocycles. The maximum absolute atomic E-state index is 10.7. The second kappa shape index (κ2) is 6.87. The van der Waals surface area contributed by atoms with E-state index >= 15 is 0 Å². The number of rotatable bonds is 3. The van der Waals surface area contributed by atoms with Crippen LogP contribution in [0.15, 0.2) is 48.5 Å². The molecule has 0 bridgehead atoms. The first-order valence-electron chi connectivity index (χ1n) is 6.47. The fourth-order valence-corrected chi connectivity index (χ4v) is 2.11. The van der Waals surface area contributed by atoms with Crippen LogP contribution in [0.2, 0.25) is 0 Å². The van der Waals surface area contributed by atoms with Gasteiger partial charge in [-0.3, -0.25) is 4.79 Å². The first kappa shape index (κ1) is 16.4. The Balaban J connectivity index is 0.00000176. The van der Waals surface area contributed by atoms with Gasteiger partial charge in [-0.05, 0) is 19.1 Å². The van der Waals surface area contributed by atoms with E-state index in [-0.39, 0.29) is 40.9 Å². The third-order valence-corrected chi connectivity index (χ3v) is 3.20. The molecule has 0 spiro atoms. The van der Waals surface area contributed by atoms with E-state index in [0.717, 1.165) is 17.0 Å². The molecule has 1 aromatic heterocycles. The van der Waals surface area contributed by atoms with Crippen LogP contribution in [-0.2, 0) is 0 Å². The number of aromatic nitrogens is 3. The molecule has 105 valence electrons. The Labute approximate surface area is 149 Å². The van der Waals surface area contributed by atoms with Crippen LogP contribution in [0.5, 0.6) is 5.75 Å². The molecule has 0 unspecified atom stereocenters. The van der Waals surface area contributed by atoms with E-state index in [1.165, 1.54) is 10.9 Å². The number of phenolic OH excluding ortho intramolecular Hbond substituents is 1. The zero-order valence-corrected chi connectivity index (χ0v) is 14.4. The molecule has 3 aromatic rings. The number of nitrogens with zero attached hydrogens (tertiary/aromatic N) is 3. The number of aromatic hydroxyl groups is 1. The van der Waals surface area contributed by atoms with Crippen molar-refractivity contribution in [1.82, 2.24) is 15.0 Å². The number of hydrogen-bond donors (Lipinski definition) is 1. The van der Waals surface area contributed by atoms with Crippen LogP contribution in [-0.4, -0.2) is 55.9 Å². The van der Waals surface area contributed by atoms with Gasteiger partial charge in [-0.1, -0.05) is 30.3 Å². The minimum atomic E-state index is -0.0845. The van der Waals surface area contributed by atoms with Crippen molar-refractivity contribution in [3.8, 4) is 22.7 Å². The van der Waals surface area contributed by atoms with Crippen molar-refractivity contribution in [2.45, 2.75) is 6.92 Å². The smallest absolute Gasteiger partial charge is 0.153 e. The van der Waals surface area contributed by atoms with Gasteiger partial charge in [0.2, 0.25) is 0 Å². The largest absolute Gasteiger partial charge is 0.507 e. The van der Waals surface area contributed by atoms with Gasteiger partial charge >= 0.3 is 0 Å². The SMILES string of the molecule is Cc1nn(-c2ccc(C=O)c(O)c2)nc1-c1ccccc1.[Na]. The van der Waals surface area contributed by atoms with Crippen molar-refractivity contribution in [3.63, 3.8) is 0 Å². The zero-order valence-electron chi connectivity index (χ0n) is 12.4. The summed E-state index contributed by atoms with van der Waals surface area (Å²) in [7, 11) is 0. The summed E-state index contributed by atoms with van der Waals surface area (Å²) in [5.74, 6) is -0.0845. The molecule has 0 amide bonds. The van der Waals surface area contributed by atoms with Crippen LogP contribution in [0.3, 0.4) is 0 Å². The van der Waals surface area contributed by atoms with Gasteiger partial charge in [0.15, 0.2) is 6.29 Å². The minimum Gasteiger partial charge on any atom is -0.507 e. The predicted octanol–water partition coefficient (Wildman–Crippen LogP) is 2.38. The summed E-state index contributed by atoms with van der Waals surface area (Å²) in [5.41, 5.74) is 3.40. The molecule has 0 fully saturated rings. The Morgan fingerprint density at radius 2 is 1.82 bits per heavy atom. The van der Waals surface area contributed by atoms with Gasteiger partial charge in [0.1, 0.15) is 11.4 Å². The van der Waals surface area contributed by atoms with Crippen molar-refractivity contribution in [3.05, 3.63) is 59.8 Å². The summed E-state index contributed by atoms with van der Waals surface area (Å²) in [6, 6.07) is 14.5. The average molecular weight is 302 g/mol. The number of hydrogen-bond acceptors (Lipinski definition) is 4. The van der Waals surface area contributed by atoms with E-state index < -0.39 is 0 Å². The molecule has 1 heterocycles. The van der Waals surface area contributed by atoms with Gasteiger partial charge in [-0.25, -0.2) is 0 Å². The molecule has 1 N–H and O–H groups in total. The predicted molar refractivity (Wildman–Crippen MR) is 84.3 cm³/mol. The van der Waals surface area contributed by atoms with Crippen LogP contribution in [0.1, 0.15) is 16.1 Å². The summed E-state index contributed by atoms with van der Waals surface area (Å²) < 4.78 is 0. The maximum Gasteiger partial charge on any atom is 0.153 e. The molecular weight excluding hydrogens is 289 g/mol. The molecule has 2 aromatic carbocycles. The van der Waals surface area contributed by atoms with Crippen LogP contribution >= 0.6 is 0 Å². The number of aldehydes is 1. The van der Waals surface area contributed by atoms with E-state index in [1.54, 1.807) is 12.1 Å². The summed E-state index contributed by atoms with van der Waals surface area (Å²) in [6.07, 6.45) is 0.607. The van der Waals surface area contributed by atoms with E-state index in [9.17, 15) is 9.90 Å². The minimum absolute atomic E-state index is 0. The third-order valence-electron chi connectivity index (χ3n) is 3.20. The summed E-state index contributed by atoms with van der Waals surface area (Å²) in [6.45, 7) is 1.88. The quantitative estimate of drug-likeness (QED) is 0.596. The first-order chi connectivity index (χ1) is 10.2. The van der Waals surface area contributed by atoms with Crippen molar-refractivity contribution in [1.29, 1.82) is 0 Å². The van der Waals surface area contributed by atoms with Gasteiger partial charge in [0.25, 0.3) is 0 Å². The topological polar surface area (TPSA) is 68.0 Å². The third kappa shape index (κ3) is 3.11. The Morgan fingerprint density at radius 3 is 2.45 bits per heavy atom. The first-order valence-corrected chi connectivity index (χ1v) is 6.47. The molecule has 22 heavy (non-hydrogen) atoms. The number of carbonyl (C=O) groups is 1. The Hall–Kier alpha value is -1.95. The fraction of sp³-hybridized carbons (Fsp3) is 0.0625. The van der Waals surface area contributed by atoms with Crippen LogP contribution in [0.4, 0.5) is 0 Å². The standard InChI is InChI=1S/C16H13N3O2.Na/c1-11-16(12-5-3-2-4-6-12)18-19(17-11)14-8-7-13(10-20)15(21)9-14;/h2-10,21H,1H3;. The fourth-order valence-electron chi connectivity index (χ4n) is 2.11. The van der Waals surface area contributed by atoms with Gasteiger partial charge in [-0.15, -0.1) is 5.10 Å². The molecule has 0 aliphatic rings. The summed E-state index contributed by atoms with van der Waals surface area (Å²) in [4.78, 5) is 12.2. The van der Waals surface area contributed by atoms with Crippen molar-refractivity contribution >= 4 is 35.8 Å². The van der Waals surface area contributed by atoms with Gasteiger partial charge in [0, 0.05) is 41.2 Å².